The van der Waals surface area contributed by atoms with Crippen molar-refractivity contribution < 1.29 is 4.42 Å². The average molecular weight is 1130 g/mol. The van der Waals surface area contributed by atoms with Crippen molar-refractivity contribution >= 4 is 85.5 Å². The Balaban J connectivity index is 1.13. The summed E-state index contributed by atoms with van der Waals surface area (Å²) < 4.78 is 7.66. The van der Waals surface area contributed by atoms with Crippen LogP contribution in [-0.4, -0.2) is 6.71 Å². The molecule has 10 aromatic rings. The van der Waals surface area contributed by atoms with E-state index in [9.17, 15) is 0 Å². The molecule has 0 N–H and O–H groups in total. The fourth-order valence-corrected chi connectivity index (χ4v) is 15.0. The van der Waals surface area contributed by atoms with Crippen LogP contribution in [0, 0.1) is 6.92 Å². The Morgan fingerprint density at radius 1 is 0.419 bits per heavy atom. The highest BCUT2D eigenvalue weighted by molar-refractivity contribution is 7.00. The Labute approximate surface area is 513 Å². The number of aryl methyl sites for hydroxylation is 1. The lowest BCUT2D eigenvalue weighted by Gasteiger charge is -2.48. The summed E-state index contributed by atoms with van der Waals surface area (Å²) in [5.41, 5.74) is 29.0. The molecule has 4 nitrogen and oxygen atoms in total. The Bertz CT molecular complexity index is 4220. The molecular weight excluding hydrogens is 1040 g/mol. The van der Waals surface area contributed by atoms with E-state index in [0.717, 1.165) is 76.4 Å². The predicted octanol–water partition coefficient (Wildman–Crippen LogP) is 20.9. The maximum absolute atomic E-state index is 7.66. The molecule has 4 aliphatic rings. The summed E-state index contributed by atoms with van der Waals surface area (Å²) in [7, 11) is 0. The first-order chi connectivity index (χ1) is 40.8. The van der Waals surface area contributed by atoms with Crippen LogP contribution >= 0.6 is 0 Å². The van der Waals surface area contributed by atoms with Gasteiger partial charge in [-0.1, -0.05) is 212 Å². The minimum Gasteiger partial charge on any atom is -0.468 e. The van der Waals surface area contributed by atoms with Crippen molar-refractivity contribution in [1.82, 2.24) is 0 Å². The second kappa shape index (κ2) is 19.5. The quantitative estimate of drug-likeness (QED) is 0.148. The van der Waals surface area contributed by atoms with E-state index < -0.39 is 0 Å². The molecule has 86 heavy (non-hydrogen) atoms. The van der Waals surface area contributed by atoms with E-state index in [0.29, 0.717) is 0 Å². The molecule has 0 radical (unpaired) electrons. The maximum atomic E-state index is 7.66. The summed E-state index contributed by atoms with van der Waals surface area (Å²) in [6.07, 6.45) is 4.53. The molecule has 0 bridgehead atoms. The zero-order valence-electron chi connectivity index (χ0n) is 53.6. The van der Waals surface area contributed by atoms with Crippen molar-refractivity contribution in [3.63, 3.8) is 0 Å². The molecule has 432 valence electrons. The predicted molar refractivity (Wildman–Crippen MR) is 369 cm³/mol. The van der Waals surface area contributed by atoms with Crippen LogP contribution in [0.2, 0.25) is 0 Å². The third-order valence-corrected chi connectivity index (χ3v) is 20.6. The standard InChI is InChI=1S/C81H84BN3O/c1-51-44-63-65(80(12,13)42-40-78(63,8)9)49-68(51)85-69-50-66-64(79(10,11)41-43-81(66,14)15)48-67(69)82-73-70(84(60-37-30-56(31-38-60)76(2,3)4)74-62-45-57(77(5,6)7)32-39-72(62)86-75(74)82)46-61(47-71(73)85)83(58-33-26-54(27-34-58)52-22-18-16-19-23-52)59-35-28-55(29-36-59)53-24-20-17-21-25-53/h16-39,44-50H,40-43H2,1-15H3. The molecule has 3 heterocycles. The second-order valence-corrected chi connectivity index (χ2v) is 30.4. The van der Waals surface area contributed by atoms with Gasteiger partial charge in [-0.3, -0.25) is 0 Å². The van der Waals surface area contributed by atoms with E-state index in [1.54, 1.807) is 0 Å². The molecule has 2 aliphatic heterocycles. The Morgan fingerprint density at radius 3 is 1.36 bits per heavy atom. The summed E-state index contributed by atoms with van der Waals surface area (Å²) in [5, 5.41) is 1.13. The Kier molecular flexibility index (Phi) is 12.7. The molecule has 2 aliphatic carbocycles. The number of furan rings is 1. The molecule has 5 heteroatoms. The molecule has 1 aromatic heterocycles. The molecule has 0 spiro atoms. The first-order valence-electron chi connectivity index (χ1n) is 31.7. The maximum Gasteiger partial charge on any atom is 0.297 e. The van der Waals surface area contributed by atoms with E-state index in [1.807, 2.05) is 0 Å². The lowest BCUT2D eigenvalue weighted by Crippen LogP contribution is -2.61. The fraction of sp³-hybridized carbons (Fsp3) is 0.309. The summed E-state index contributed by atoms with van der Waals surface area (Å²) in [4.78, 5) is 7.82. The number of hydrogen-bond acceptors (Lipinski definition) is 4. The van der Waals surface area contributed by atoms with Crippen LogP contribution in [0.1, 0.15) is 162 Å². The highest BCUT2D eigenvalue weighted by Gasteiger charge is 2.50. The van der Waals surface area contributed by atoms with Gasteiger partial charge >= 0.3 is 0 Å². The van der Waals surface area contributed by atoms with Gasteiger partial charge in [0, 0.05) is 45.2 Å². The van der Waals surface area contributed by atoms with E-state index >= 15 is 0 Å². The van der Waals surface area contributed by atoms with Gasteiger partial charge in [-0.2, -0.15) is 0 Å². The average Bonchev–Trinajstić information content (AvgIpc) is 1.13. The lowest BCUT2D eigenvalue weighted by atomic mass is 9.35. The van der Waals surface area contributed by atoms with Crippen molar-refractivity contribution in [2.75, 3.05) is 14.7 Å². The Hall–Kier alpha value is -8.02. The molecule has 14 rings (SSSR count). The van der Waals surface area contributed by atoms with Crippen LogP contribution in [0.4, 0.5) is 51.2 Å². The van der Waals surface area contributed by atoms with E-state index in [4.69, 9.17) is 4.42 Å². The third-order valence-electron chi connectivity index (χ3n) is 20.6. The van der Waals surface area contributed by atoms with Crippen molar-refractivity contribution in [1.29, 1.82) is 0 Å². The number of benzene rings is 9. The SMILES string of the molecule is Cc1cc2c(cc1N1c3cc4c(cc3B3c5oc6ccc(C(C)(C)C)cc6c5N(c5ccc(C(C)(C)C)cc5)c5cc(N(c6ccc(-c7ccccc7)cc6)c6ccc(-c7ccccc7)cc6)cc1c53)C(C)(C)CCC4(C)C)C(C)(C)CCC2(C)C. The largest absolute Gasteiger partial charge is 0.468 e. The minimum absolute atomic E-state index is 0.0165. The number of hydrogen-bond donors (Lipinski definition) is 0. The van der Waals surface area contributed by atoms with E-state index in [-0.39, 0.29) is 39.2 Å². The first kappa shape index (κ1) is 55.8. The zero-order chi connectivity index (χ0) is 60.2. The van der Waals surface area contributed by atoms with Crippen LogP contribution in [0.15, 0.2) is 192 Å². The molecule has 0 atom stereocenters. The highest BCUT2D eigenvalue weighted by atomic mass is 16.3. The molecule has 0 saturated carbocycles. The monoisotopic (exact) mass is 1130 g/mol. The topological polar surface area (TPSA) is 22.9 Å². The molecular formula is C81H84BN3O. The van der Waals surface area contributed by atoms with Gasteiger partial charge in [-0.25, -0.2) is 0 Å². The van der Waals surface area contributed by atoms with Gasteiger partial charge < -0.3 is 19.1 Å². The van der Waals surface area contributed by atoms with Gasteiger partial charge in [0.15, 0.2) is 0 Å². The second-order valence-electron chi connectivity index (χ2n) is 30.4. The summed E-state index contributed by atoms with van der Waals surface area (Å²) >= 11 is 0. The number of nitrogens with zero attached hydrogens (tertiary/aromatic N) is 3. The van der Waals surface area contributed by atoms with Crippen molar-refractivity contribution in [3.8, 4) is 22.3 Å². The molecule has 0 fully saturated rings. The molecule has 9 aromatic carbocycles. The highest BCUT2D eigenvalue weighted by Crippen LogP contribution is 2.56. The van der Waals surface area contributed by atoms with Crippen molar-refractivity contribution in [3.05, 3.63) is 227 Å². The number of rotatable bonds is 7. The van der Waals surface area contributed by atoms with Crippen molar-refractivity contribution in [2.45, 2.75) is 162 Å². The summed E-state index contributed by atoms with van der Waals surface area (Å²) in [6.45, 7) is 35.9. The molecule has 0 saturated heterocycles. The fourth-order valence-electron chi connectivity index (χ4n) is 15.0. The lowest BCUT2D eigenvalue weighted by molar-refractivity contribution is 0.331. The minimum atomic E-state index is -0.228. The zero-order valence-corrected chi connectivity index (χ0v) is 53.6. The normalized spacial score (nSPS) is 16.9. The first-order valence-corrected chi connectivity index (χ1v) is 31.7. The van der Waals surface area contributed by atoms with Crippen LogP contribution in [0.3, 0.4) is 0 Å². The van der Waals surface area contributed by atoms with Gasteiger partial charge in [0.2, 0.25) is 0 Å². The van der Waals surface area contributed by atoms with Crippen LogP contribution in [0.5, 0.6) is 0 Å². The molecule has 0 amide bonds. The van der Waals surface area contributed by atoms with Crippen LogP contribution in [-0.2, 0) is 32.5 Å². The molecule has 0 unspecified atom stereocenters. The van der Waals surface area contributed by atoms with E-state index in [2.05, 4.69) is 307 Å². The van der Waals surface area contributed by atoms with Crippen LogP contribution in [0.25, 0.3) is 33.2 Å². The third kappa shape index (κ3) is 9.07. The van der Waals surface area contributed by atoms with Gasteiger partial charge in [-0.05, 0) is 210 Å². The number of fused-ring (bicyclic) bond motifs is 8. The number of anilines is 9. The van der Waals surface area contributed by atoms with Crippen molar-refractivity contribution in [2.24, 2.45) is 0 Å². The van der Waals surface area contributed by atoms with Gasteiger partial charge in [0.25, 0.3) is 6.71 Å². The van der Waals surface area contributed by atoms with Gasteiger partial charge in [-0.15, -0.1) is 0 Å². The van der Waals surface area contributed by atoms with E-state index in [1.165, 1.54) is 89.2 Å². The summed E-state index contributed by atoms with van der Waals surface area (Å²) in [6, 6.07) is 72.0. The summed E-state index contributed by atoms with van der Waals surface area (Å²) in [5.74, 6) is 0. The van der Waals surface area contributed by atoms with Gasteiger partial charge in [0.1, 0.15) is 5.58 Å². The van der Waals surface area contributed by atoms with Crippen LogP contribution < -0.4 is 31.3 Å². The Morgan fingerprint density at radius 2 is 0.860 bits per heavy atom. The van der Waals surface area contributed by atoms with Gasteiger partial charge in [0.05, 0.1) is 17.0 Å². The smallest absolute Gasteiger partial charge is 0.297 e.